The van der Waals surface area contributed by atoms with E-state index in [4.69, 9.17) is 0 Å². The van der Waals surface area contributed by atoms with Gasteiger partial charge in [0.1, 0.15) is 0 Å². The Labute approximate surface area is 150 Å². The lowest BCUT2D eigenvalue weighted by Gasteiger charge is -2.34. The van der Waals surface area contributed by atoms with Crippen molar-refractivity contribution in [2.24, 2.45) is 0 Å². The molecule has 5 nitrogen and oxygen atoms in total. The second-order valence-corrected chi connectivity index (χ2v) is 7.04. The first-order valence-corrected chi connectivity index (χ1v) is 9.08. The largest absolute Gasteiger partial charge is 0.340 e. The fraction of sp³-hybridized carbons (Fsp3) is 0.500. The molecule has 1 fully saturated rings. The number of hydrogen-bond acceptors (Lipinski definition) is 3. The van der Waals surface area contributed by atoms with Crippen LogP contribution in [0.1, 0.15) is 22.5 Å². The van der Waals surface area contributed by atoms with Gasteiger partial charge in [-0.1, -0.05) is 29.8 Å². The normalized spacial score (nSPS) is 15.6. The molecule has 0 aliphatic carbocycles. The zero-order valence-corrected chi connectivity index (χ0v) is 15.5. The van der Waals surface area contributed by atoms with E-state index >= 15 is 0 Å². The average molecular weight is 340 g/mol. The lowest BCUT2D eigenvalue weighted by molar-refractivity contribution is -0.132. The maximum atomic E-state index is 12.5. The summed E-state index contributed by atoms with van der Waals surface area (Å²) in [7, 11) is 0. The number of hydrogen-bond donors (Lipinski definition) is 0. The van der Waals surface area contributed by atoms with E-state index in [1.165, 1.54) is 11.3 Å². The number of rotatable bonds is 5. The quantitative estimate of drug-likeness (QED) is 0.838. The fourth-order valence-corrected chi connectivity index (χ4v) is 3.47. The van der Waals surface area contributed by atoms with Crippen LogP contribution in [0.5, 0.6) is 0 Å². The lowest BCUT2D eigenvalue weighted by Crippen LogP contribution is -2.49. The first-order chi connectivity index (χ1) is 12.0. The van der Waals surface area contributed by atoms with Crippen LogP contribution >= 0.6 is 0 Å². The zero-order chi connectivity index (χ0) is 17.8. The summed E-state index contributed by atoms with van der Waals surface area (Å²) in [5, 5.41) is 4.52. The Morgan fingerprint density at radius 2 is 1.80 bits per heavy atom. The molecule has 134 valence electrons. The second-order valence-electron chi connectivity index (χ2n) is 7.04. The summed E-state index contributed by atoms with van der Waals surface area (Å²) in [6.07, 6.45) is 0.507. The number of carbonyl (C=O) groups is 1. The van der Waals surface area contributed by atoms with Gasteiger partial charge in [0.15, 0.2) is 0 Å². The third-order valence-corrected chi connectivity index (χ3v) is 4.89. The van der Waals surface area contributed by atoms with Crippen molar-refractivity contribution in [3.63, 3.8) is 0 Å². The Morgan fingerprint density at radius 1 is 1.04 bits per heavy atom. The zero-order valence-electron chi connectivity index (χ0n) is 15.5. The molecule has 0 saturated carbocycles. The molecular formula is C20H28N4O. The maximum Gasteiger partial charge on any atom is 0.227 e. The monoisotopic (exact) mass is 340 g/mol. The average Bonchev–Trinajstić information content (AvgIpc) is 2.91. The fourth-order valence-electron chi connectivity index (χ4n) is 3.47. The molecule has 0 radical (unpaired) electrons. The van der Waals surface area contributed by atoms with E-state index in [9.17, 15) is 4.79 Å². The molecule has 0 bridgehead atoms. The van der Waals surface area contributed by atoms with Gasteiger partial charge in [0.05, 0.1) is 18.7 Å². The number of aromatic nitrogens is 2. The van der Waals surface area contributed by atoms with Gasteiger partial charge < -0.3 is 4.90 Å². The Balaban J connectivity index is 1.45. The molecule has 1 amide bonds. The molecule has 2 aromatic rings. The van der Waals surface area contributed by atoms with Gasteiger partial charge in [-0.2, -0.15) is 5.10 Å². The minimum absolute atomic E-state index is 0.240. The third kappa shape index (κ3) is 4.69. The second kappa shape index (κ2) is 7.83. The van der Waals surface area contributed by atoms with Crippen molar-refractivity contribution in [2.45, 2.75) is 33.7 Å². The van der Waals surface area contributed by atoms with Crippen LogP contribution in [0.15, 0.2) is 30.3 Å². The topological polar surface area (TPSA) is 41.4 Å². The van der Waals surface area contributed by atoms with Crippen molar-refractivity contribution in [1.82, 2.24) is 19.6 Å². The third-order valence-electron chi connectivity index (χ3n) is 4.89. The SMILES string of the molecule is Cc1cccc(CC(=O)N2CCN(CCn3nc(C)cc3C)CC2)c1. The molecule has 2 heterocycles. The summed E-state index contributed by atoms with van der Waals surface area (Å²) >= 11 is 0. The molecular weight excluding hydrogens is 312 g/mol. The number of nitrogens with zero attached hydrogens (tertiary/aromatic N) is 4. The minimum atomic E-state index is 0.240. The standard InChI is InChI=1S/C20H28N4O/c1-16-5-4-6-19(13-16)15-20(25)23-10-7-22(8-11-23)9-12-24-18(3)14-17(2)21-24/h4-6,13-14H,7-12,15H2,1-3H3. The molecule has 0 N–H and O–H groups in total. The molecule has 1 aromatic heterocycles. The number of benzene rings is 1. The van der Waals surface area contributed by atoms with Crippen LogP contribution in [0, 0.1) is 20.8 Å². The van der Waals surface area contributed by atoms with Gasteiger partial charge in [-0.05, 0) is 32.4 Å². The van der Waals surface area contributed by atoms with E-state index in [-0.39, 0.29) is 5.91 Å². The van der Waals surface area contributed by atoms with E-state index in [1.807, 2.05) is 24.0 Å². The molecule has 1 aliphatic heterocycles. The Bertz CT molecular complexity index is 729. The Hall–Kier alpha value is -2.14. The Morgan fingerprint density at radius 3 is 2.44 bits per heavy atom. The number of amides is 1. The highest BCUT2D eigenvalue weighted by Crippen LogP contribution is 2.09. The summed E-state index contributed by atoms with van der Waals surface area (Å²) < 4.78 is 2.07. The van der Waals surface area contributed by atoms with Crippen LogP contribution in [0.4, 0.5) is 0 Å². The van der Waals surface area contributed by atoms with Gasteiger partial charge >= 0.3 is 0 Å². The molecule has 3 rings (SSSR count). The summed E-state index contributed by atoms with van der Waals surface area (Å²) in [6, 6.07) is 10.3. The van der Waals surface area contributed by atoms with Gasteiger partial charge in [-0.25, -0.2) is 0 Å². The number of piperazine rings is 1. The van der Waals surface area contributed by atoms with Crippen LogP contribution in [-0.2, 0) is 17.8 Å². The first kappa shape index (κ1) is 17.7. The molecule has 0 atom stereocenters. The molecule has 0 unspecified atom stereocenters. The van der Waals surface area contributed by atoms with Gasteiger partial charge in [0.2, 0.25) is 5.91 Å². The van der Waals surface area contributed by atoms with E-state index in [0.717, 1.165) is 50.5 Å². The van der Waals surface area contributed by atoms with Crippen LogP contribution < -0.4 is 0 Å². The minimum Gasteiger partial charge on any atom is -0.340 e. The van der Waals surface area contributed by atoms with Crippen molar-refractivity contribution >= 4 is 5.91 Å². The van der Waals surface area contributed by atoms with Crippen molar-refractivity contribution in [2.75, 3.05) is 32.7 Å². The highest BCUT2D eigenvalue weighted by Gasteiger charge is 2.21. The molecule has 1 saturated heterocycles. The van der Waals surface area contributed by atoms with E-state index in [2.05, 4.69) is 46.7 Å². The predicted molar refractivity (Wildman–Crippen MR) is 99.6 cm³/mol. The van der Waals surface area contributed by atoms with Crippen LogP contribution in [-0.4, -0.2) is 58.2 Å². The van der Waals surface area contributed by atoms with Crippen molar-refractivity contribution in [1.29, 1.82) is 0 Å². The number of aryl methyl sites for hydroxylation is 3. The van der Waals surface area contributed by atoms with Gasteiger partial charge in [0.25, 0.3) is 0 Å². The van der Waals surface area contributed by atoms with Crippen molar-refractivity contribution in [3.8, 4) is 0 Å². The maximum absolute atomic E-state index is 12.5. The van der Waals surface area contributed by atoms with Crippen LogP contribution in [0.3, 0.4) is 0 Å². The van der Waals surface area contributed by atoms with Gasteiger partial charge in [0, 0.05) is 38.4 Å². The molecule has 0 spiro atoms. The lowest BCUT2D eigenvalue weighted by atomic mass is 10.1. The predicted octanol–water partition coefficient (Wildman–Crippen LogP) is 2.20. The first-order valence-electron chi connectivity index (χ1n) is 9.08. The highest BCUT2D eigenvalue weighted by atomic mass is 16.2. The summed E-state index contributed by atoms with van der Waals surface area (Å²) in [5.74, 6) is 0.240. The molecule has 25 heavy (non-hydrogen) atoms. The summed E-state index contributed by atoms with van der Waals surface area (Å²) in [6.45, 7) is 11.6. The molecule has 1 aromatic carbocycles. The Kier molecular flexibility index (Phi) is 5.53. The molecule has 5 heteroatoms. The van der Waals surface area contributed by atoms with Gasteiger partial charge in [-0.15, -0.1) is 0 Å². The van der Waals surface area contributed by atoms with Crippen LogP contribution in [0.25, 0.3) is 0 Å². The van der Waals surface area contributed by atoms with Crippen molar-refractivity contribution in [3.05, 3.63) is 52.8 Å². The van der Waals surface area contributed by atoms with E-state index in [1.54, 1.807) is 0 Å². The van der Waals surface area contributed by atoms with Gasteiger partial charge in [-0.3, -0.25) is 14.4 Å². The summed E-state index contributed by atoms with van der Waals surface area (Å²) in [4.78, 5) is 16.9. The highest BCUT2D eigenvalue weighted by molar-refractivity contribution is 5.78. The molecule has 1 aliphatic rings. The number of carbonyl (C=O) groups excluding carboxylic acids is 1. The van der Waals surface area contributed by atoms with E-state index in [0.29, 0.717) is 6.42 Å². The summed E-state index contributed by atoms with van der Waals surface area (Å²) in [5.41, 5.74) is 4.60. The van der Waals surface area contributed by atoms with Crippen LogP contribution in [0.2, 0.25) is 0 Å². The smallest absolute Gasteiger partial charge is 0.227 e. The van der Waals surface area contributed by atoms with E-state index < -0.39 is 0 Å². The van der Waals surface area contributed by atoms with Crippen molar-refractivity contribution < 1.29 is 4.79 Å².